The number of carboxylic acid groups (broad SMARTS) is 1. The normalized spacial score (nSPS) is 19.9. The predicted octanol–water partition coefficient (Wildman–Crippen LogP) is 4.54. The van der Waals surface area contributed by atoms with Crippen molar-refractivity contribution in [3.63, 3.8) is 0 Å². The summed E-state index contributed by atoms with van der Waals surface area (Å²) in [5.74, 6) is -3.73. The van der Waals surface area contributed by atoms with Crippen molar-refractivity contribution in [2.45, 2.75) is 78.0 Å². The number of ether oxygens (including phenoxy) is 3. The first-order chi connectivity index (χ1) is 16.2. The number of phenolic OH excluding ortho intramolecular Hbond substituents is 1. The Balaban J connectivity index is 2.19. The summed E-state index contributed by atoms with van der Waals surface area (Å²) in [6.45, 7) is 6.92. The minimum Gasteiger partial charge on any atom is -0.507 e. The van der Waals surface area contributed by atoms with E-state index in [-0.39, 0.29) is 29.3 Å². The molecule has 3 unspecified atom stereocenters. The molecular weight excluding hydrogens is 440 g/mol. The number of fused-ring (bicyclic) bond motifs is 1. The summed E-state index contributed by atoms with van der Waals surface area (Å²) in [6, 6.07) is 8.33. The van der Waals surface area contributed by atoms with Gasteiger partial charge in [0.05, 0.1) is 5.56 Å². The van der Waals surface area contributed by atoms with E-state index in [0.29, 0.717) is 36.1 Å². The van der Waals surface area contributed by atoms with Crippen molar-refractivity contribution in [1.29, 1.82) is 0 Å². The van der Waals surface area contributed by atoms with Crippen LogP contribution in [0.4, 0.5) is 0 Å². The van der Waals surface area contributed by atoms with Crippen LogP contribution in [0.2, 0.25) is 0 Å². The number of phenols is 1. The second-order valence-corrected chi connectivity index (χ2v) is 8.38. The molecule has 0 spiro atoms. The van der Waals surface area contributed by atoms with E-state index in [1.807, 2.05) is 19.9 Å². The lowest BCUT2D eigenvalue weighted by Crippen LogP contribution is -2.52. The van der Waals surface area contributed by atoms with E-state index < -0.39 is 24.2 Å². The average Bonchev–Trinajstić information content (AvgIpc) is 3.11. The van der Waals surface area contributed by atoms with Gasteiger partial charge >= 0.3 is 11.8 Å². The molecule has 0 saturated carbocycles. The Morgan fingerprint density at radius 2 is 1.82 bits per heavy atom. The zero-order chi connectivity index (χ0) is 25.0. The summed E-state index contributed by atoms with van der Waals surface area (Å²) in [4.78, 5) is 24.5. The molecule has 0 amide bonds. The standard InChI is InChI=1S/C26H32O8/c1-5-9-16-11-8-12-19-23(16)34-26(25(30)31,33-21(28)7-3)24(19)32-20-14-13-17(15(4)27)22(29)18(20)10-6-2/h8,11-14,21,24,28-29H,5-7,9-10H2,1-4H3,(H,30,31). The molecule has 0 aromatic heterocycles. The highest BCUT2D eigenvalue weighted by molar-refractivity contribution is 5.97. The number of ketones is 1. The van der Waals surface area contributed by atoms with Crippen LogP contribution in [0.5, 0.6) is 17.2 Å². The van der Waals surface area contributed by atoms with E-state index in [2.05, 4.69) is 0 Å². The predicted molar refractivity (Wildman–Crippen MR) is 124 cm³/mol. The van der Waals surface area contributed by atoms with Gasteiger partial charge in [0, 0.05) is 11.1 Å². The highest BCUT2D eigenvalue weighted by Crippen LogP contribution is 2.50. The highest BCUT2D eigenvalue weighted by Gasteiger charge is 2.60. The smallest absolute Gasteiger partial charge is 0.382 e. The average molecular weight is 473 g/mol. The van der Waals surface area contributed by atoms with Crippen molar-refractivity contribution in [1.82, 2.24) is 0 Å². The molecule has 34 heavy (non-hydrogen) atoms. The Bertz CT molecular complexity index is 1060. The third-order valence-electron chi connectivity index (χ3n) is 5.85. The molecule has 0 saturated heterocycles. The van der Waals surface area contributed by atoms with Gasteiger partial charge in [-0.2, -0.15) is 0 Å². The molecule has 0 fully saturated rings. The zero-order valence-electron chi connectivity index (χ0n) is 20.0. The number of hydrogen-bond acceptors (Lipinski definition) is 7. The van der Waals surface area contributed by atoms with Crippen molar-refractivity contribution in [2.24, 2.45) is 0 Å². The van der Waals surface area contributed by atoms with Gasteiger partial charge in [-0.3, -0.25) is 9.53 Å². The molecule has 0 bridgehead atoms. The topological polar surface area (TPSA) is 123 Å². The number of benzene rings is 2. The van der Waals surface area contributed by atoms with Gasteiger partial charge in [0.2, 0.25) is 6.10 Å². The van der Waals surface area contributed by atoms with Crippen molar-refractivity contribution < 1.29 is 39.1 Å². The summed E-state index contributed by atoms with van der Waals surface area (Å²) in [6.07, 6.45) is -0.0398. The second-order valence-electron chi connectivity index (χ2n) is 8.38. The molecule has 3 N–H and O–H groups in total. The van der Waals surface area contributed by atoms with Gasteiger partial charge in [-0.1, -0.05) is 51.8 Å². The number of para-hydroxylation sites is 1. The molecule has 8 heteroatoms. The van der Waals surface area contributed by atoms with E-state index in [0.717, 1.165) is 12.0 Å². The van der Waals surface area contributed by atoms with E-state index >= 15 is 0 Å². The fraction of sp³-hybridized carbons (Fsp3) is 0.462. The van der Waals surface area contributed by atoms with Gasteiger partial charge in [-0.15, -0.1) is 0 Å². The van der Waals surface area contributed by atoms with Gasteiger partial charge in [-0.25, -0.2) is 4.79 Å². The van der Waals surface area contributed by atoms with E-state index in [9.17, 15) is 24.9 Å². The monoisotopic (exact) mass is 472 g/mol. The number of aromatic hydroxyl groups is 1. The second kappa shape index (κ2) is 10.4. The van der Waals surface area contributed by atoms with E-state index in [1.165, 1.54) is 19.1 Å². The van der Waals surface area contributed by atoms with Crippen molar-refractivity contribution in [2.75, 3.05) is 0 Å². The van der Waals surface area contributed by atoms with Crippen LogP contribution in [0.3, 0.4) is 0 Å². The number of hydrogen-bond donors (Lipinski definition) is 3. The lowest BCUT2D eigenvalue weighted by molar-refractivity contribution is -0.283. The van der Waals surface area contributed by atoms with Crippen LogP contribution in [0.1, 0.15) is 80.1 Å². The fourth-order valence-corrected chi connectivity index (χ4v) is 4.16. The maximum Gasteiger partial charge on any atom is 0.382 e. The van der Waals surface area contributed by atoms with E-state index in [1.54, 1.807) is 19.1 Å². The number of aryl methyl sites for hydroxylation is 1. The molecule has 0 radical (unpaired) electrons. The zero-order valence-corrected chi connectivity index (χ0v) is 20.0. The number of aliphatic carboxylic acids is 1. The molecular formula is C26H32O8. The molecule has 184 valence electrons. The third-order valence-corrected chi connectivity index (χ3v) is 5.85. The Hall–Kier alpha value is -3.10. The Kier molecular flexibility index (Phi) is 7.84. The van der Waals surface area contributed by atoms with Crippen LogP contribution < -0.4 is 9.47 Å². The first kappa shape index (κ1) is 25.5. The molecule has 1 heterocycles. The van der Waals surface area contributed by atoms with Gasteiger partial charge in [0.15, 0.2) is 12.1 Å². The lowest BCUT2D eigenvalue weighted by atomic mass is 9.98. The molecule has 3 atom stereocenters. The van der Waals surface area contributed by atoms with E-state index in [4.69, 9.17) is 14.2 Å². The molecule has 3 rings (SSSR count). The fourth-order valence-electron chi connectivity index (χ4n) is 4.16. The number of Topliss-reactive ketones (excluding diaryl/α,β-unsaturated/α-hetero) is 1. The highest BCUT2D eigenvalue weighted by atomic mass is 16.8. The molecule has 1 aliphatic heterocycles. The number of carbonyl (C=O) groups excluding carboxylic acids is 1. The van der Waals surface area contributed by atoms with Crippen LogP contribution in [0.25, 0.3) is 0 Å². The largest absolute Gasteiger partial charge is 0.507 e. The lowest BCUT2D eigenvalue weighted by Gasteiger charge is -2.32. The summed E-state index contributed by atoms with van der Waals surface area (Å²) in [5, 5.41) is 31.3. The van der Waals surface area contributed by atoms with Crippen molar-refractivity contribution >= 4 is 11.8 Å². The molecule has 0 aliphatic carbocycles. The molecule has 8 nitrogen and oxygen atoms in total. The SMILES string of the molecule is CCCc1cccc2c1OC(OC(O)CC)(C(=O)O)C2Oc1ccc(C(C)=O)c(O)c1CCC. The minimum absolute atomic E-state index is 0.137. The summed E-state index contributed by atoms with van der Waals surface area (Å²) >= 11 is 0. The van der Waals surface area contributed by atoms with Crippen molar-refractivity contribution in [3.8, 4) is 17.2 Å². The number of aliphatic hydroxyl groups excluding tert-OH is 1. The summed E-state index contributed by atoms with van der Waals surface area (Å²) < 4.78 is 17.8. The maximum atomic E-state index is 12.6. The quantitative estimate of drug-likeness (QED) is 0.322. The first-order valence-corrected chi connectivity index (χ1v) is 11.6. The third kappa shape index (κ3) is 4.60. The number of carbonyl (C=O) groups is 2. The Morgan fingerprint density at radius 3 is 2.41 bits per heavy atom. The summed E-state index contributed by atoms with van der Waals surface area (Å²) in [5.41, 5.74) is 1.82. The first-order valence-electron chi connectivity index (χ1n) is 11.6. The van der Waals surface area contributed by atoms with Crippen LogP contribution in [-0.2, 0) is 22.4 Å². The van der Waals surface area contributed by atoms with Gasteiger partial charge in [-0.05, 0) is 43.9 Å². The Morgan fingerprint density at radius 1 is 1.12 bits per heavy atom. The van der Waals surface area contributed by atoms with Crippen LogP contribution in [-0.4, -0.2) is 39.1 Å². The molecule has 2 aromatic carbocycles. The van der Waals surface area contributed by atoms with Gasteiger partial charge in [0.1, 0.15) is 17.2 Å². The van der Waals surface area contributed by atoms with Crippen LogP contribution >= 0.6 is 0 Å². The van der Waals surface area contributed by atoms with Gasteiger partial charge in [0.25, 0.3) is 0 Å². The minimum atomic E-state index is -2.35. The van der Waals surface area contributed by atoms with Crippen LogP contribution in [0.15, 0.2) is 30.3 Å². The molecule has 2 aromatic rings. The number of carboxylic acids is 1. The maximum absolute atomic E-state index is 12.6. The number of rotatable bonds is 11. The Labute approximate surface area is 199 Å². The number of aliphatic hydroxyl groups is 1. The molecule has 1 aliphatic rings. The van der Waals surface area contributed by atoms with Crippen molar-refractivity contribution in [3.05, 3.63) is 52.6 Å². The van der Waals surface area contributed by atoms with Crippen LogP contribution in [0, 0.1) is 0 Å². The summed E-state index contributed by atoms with van der Waals surface area (Å²) in [7, 11) is 0. The van der Waals surface area contributed by atoms with Gasteiger partial charge < -0.3 is 24.8 Å².